The van der Waals surface area contributed by atoms with Gasteiger partial charge in [0, 0.05) is 13.0 Å². The lowest BCUT2D eigenvalue weighted by Gasteiger charge is -2.40. The number of carbonyl (C=O) groups excluding carboxylic acids is 1. The third kappa shape index (κ3) is 4.45. The maximum Gasteiger partial charge on any atom is 0.220 e. The molecule has 0 unspecified atom stereocenters. The molecule has 1 aliphatic heterocycles. The van der Waals surface area contributed by atoms with Gasteiger partial charge >= 0.3 is 0 Å². The van der Waals surface area contributed by atoms with E-state index >= 15 is 0 Å². The minimum atomic E-state index is 0.132. The van der Waals surface area contributed by atoms with Gasteiger partial charge < -0.3 is 16.0 Å². The summed E-state index contributed by atoms with van der Waals surface area (Å²) < 4.78 is 0. The van der Waals surface area contributed by atoms with Crippen LogP contribution in [-0.4, -0.2) is 43.5 Å². The molecule has 3 N–H and O–H groups in total. The number of amides is 1. The molecule has 0 atom stereocenters. The van der Waals surface area contributed by atoms with Gasteiger partial charge in [0.25, 0.3) is 0 Å². The van der Waals surface area contributed by atoms with Crippen molar-refractivity contribution in [1.29, 1.82) is 0 Å². The Morgan fingerprint density at radius 1 is 1.35 bits per heavy atom. The average molecular weight is 281 g/mol. The van der Waals surface area contributed by atoms with E-state index in [9.17, 15) is 4.79 Å². The summed E-state index contributed by atoms with van der Waals surface area (Å²) in [6, 6.07) is 0. The zero-order valence-corrected chi connectivity index (χ0v) is 13.0. The standard InChI is InChI=1S/C16H31N3O/c1-14-4-10-19(11-5-14)9-3-8-18-15(20)12-16(13-17)6-2-7-16/h14H,2-13,17H2,1H3,(H,18,20). The molecule has 2 fully saturated rings. The highest BCUT2D eigenvalue weighted by molar-refractivity contribution is 5.76. The largest absolute Gasteiger partial charge is 0.356 e. The van der Waals surface area contributed by atoms with Crippen LogP contribution in [0.1, 0.15) is 51.9 Å². The quantitative estimate of drug-likeness (QED) is 0.699. The van der Waals surface area contributed by atoms with Crippen LogP contribution in [0.5, 0.6) is 0 Å². The highest BCUT2D eigenvalue weighted by Gasteiger charge is 2.37. The molecule has 1 aliphatic carbocycles. The minimum Gasteiger partial charge on any atom is -0.356 e. The third-order valence-electron chi connectivity index (χ3n) is 5.23. The molecule has 4 heteroatoms. The third-order valence-corrected chi connectivity index (χ3v) is 5.23. The zero-order valence-electron chi connectivity index (χ0n) is 13.0. The fourth-order valence-corrected chi connectivity index (χ4v) is 3.35. The highest BCUT2D eigenvalue weighted by atomic mass is 16.1. The summed E-state index contributed by atoms with van der Waals surface area (Å²) >= 11 is 0. The van der Waals surface area contributed by atoms with Crippen LogP contribution < -0.4 is 11.1 Å². The van der Waals surface area contributed by atoms with Crippen molar-refractivity contribution in [1.82, 2.24) is 10.2 Å². The Kier molecular flexibility index (Phi) is 5.85. The van der Waals surface area contributed by atoms with Crippen LogP contribution in [0.4, 0.5) is 0 Å². The van der Waals surface area contributed by atoms with Crippen LogP contribution in [-0.2, 0) is 4.79 Å². The highest BCUT2D eigenvalue weighted by Crippen LogP contribution is 2.42. The molecule has 0 aromatic rings. The number of nitrogens with one attached hydrogen (secondary N) is 1. The molecule has 2 aliphatic rings. The lowest BCUT2D eigenvalue weighted by Crippen LogP contribution is -2.42. The van der Waals surface area contributed by atoms with E-state index in [1.165, 1.54) is 32.4 Å². The number of nitrogens with two attached hydrogens (primary N) is 1. The molecule has 2 rings (SSSR count). The Hall–Kier alpha value is -0.610. The van der Waals surface area contributed by atoms with Crippen LogP contribution in [0.15, 0.2) is 0 Å². The Bertz CT molecular complexity index is 301. The summed E-state index contributed by atoms with van der Waals surface area (Å²) in [4.78, 5) is 14.5. The van der Waals surface area contributed by atoms with Crippen molar-refractivity contribution in [2.24, 2.45) is 17.1 Å². The topological polar surface area (TPSA) is 58.4 Å². The molecule has 1 saturated heterocycles. The molecule has 4 nitrogen and oxygen atoms in total. The molecular weight excluding hydrogens is 250 g/mol. The molecule has 20 heavy (non-hydrogen) atoms. The maximum absolute atomic E-state index is 11.9. The van der Waals surface area contributed by atoms with E-state index in [0.717, 1.165) is 38.3 Å². The van der Waals surface area contributed by atoms with E-state index < -0.39 is 0 Å². The van der Waals surface area contributed by atoms with Crippen LogP contribution >= 0.6 is 0 Å². The van der Waals surface area contributed by atoms with Crippen LogP contribution in [0.25, 0.3) is 0 Å². The number of carbonyl (C=O) groups is 1. The Balaban J connectivity index is 1.53. The van der Waals surface area contributed by atoms with Gasteiger partial charge in [-0.2, -0.15) is 0 Å². The SMILES string of the molecule is CC1CCN(CCCNC(=O)CC2(CN)CCC2)CC1. The van der Waals surface area contributed by atoms with Gasteiger partial charge in [0.1, 0.15) is 0 Å². The number of hydrogen-bond acceptors (Lipinski definition) is 3. The molecule has 1 heterocycles. The molecule has 116 valence electrons. The van der Waals surface area contributed by atoms with E-state index in [-0.39, 0.29) is 11.3 Å². The maximum atomic E-state index is 11.9. The second-order valence-corrected chi connectivity index (χ2v) is 6.96. The number of nitrogens with zero attached hydrogens (tertiary/aromatic N) is 1. The number of piperidine rings is 1. The van der Waals surface area contributed by atoms with Gasteiger partial charge in [0.2, 0.25) is 5.91 Å². The lowest BCUT2D eigenvalue weighted by atomic mass is 9.66. The molecule has 1 saturated carbocycles. The Morgan fingerprint density at radius 2 is 2.05 bits per heavy atom. The second-order valence-electron chi connectivity index (χ2n) is 6.96. The summed E-state index contributed by atoms with van der Waals surface area (Å²) in [5.74, 6) is 1.09. The van der Waals surface area contributed by atoms with Gasteiger partial charge in [-0.3, -0.25) is 4.79 Å². The summed E-state index contributed by atoms with van der Waals surface area (Å²) in [6.45, 7) is 7.38. The molecule has 0 radical (unpaired) electrons. The summed E-state index contributed by atoms with van der Waals surface area (Å²) in [5.41, 5.74) is 5.93. The number of likely N-dealkylation sites (tertiary alicyclic amines) is 1. The average Bonchev–Trinajstić information content (AvgIpc) is 2.41. The zero-order chi connectivity index (χ0) is 14.4. The first-order chi connectivity index (χ1) is 9.63. The van der Waals surface area contributed by atoms with Crippen molar-refractivity contribution in [3.05, 3.63) is 0 Å². The van der Waals surface area contributed by atoms with Gasteiger partial charge in [-0.25, -0.2) is 0 Å². The van der Waals surface area contributed by atoms with Gasteiger partial charge in [-0.1, -0.05) is 13.3 Å². The first-order valence-electron chi connectivity index (χ1n) is 8.33. The van der Waals surface area contributed by atoms with E-state index in [0.29, 0.717) is 13.0 Å². The predicted octanol–water partition coefficient (Wildman–Crippen LogP) is 1.74. The Morgan fingerprint density at radius 3 is 2.60 bits per heavy atom. The van der Waals surface area contributed by atoms with E-state index in [2.05, 4.69) is 17.1 Å². The molecule has 0 spiro atoms. The number of rotatable bonds is 7. The van der Waals surface area contributed by atoms with Crippen LogP contribution in [0.2, 0.25) is 0 Å². The molecule has 0 aromatic heterocycles. The normalized spacial score (nSPS) is 23.3. The Labute approximate surface area is 123 Å². The van der Waals surface area contributed by atoms with Crippen molar-refractivity contribution in [3.63, 3.8) is 0 Å². The first kappa shape index (κ1) is 15.8. The van der Waals surface area contributed by atoms with Crippen molar-refractivity contribution in [2.75, 3.05) is 32.7 Å². The minimum absolute atomic E-state index is 0.132. The van der Waals surface area contributed by atoms with Crippen LogP contribution in [0, 0.1) is 11.3 Å². The number of hydrogen-bond donors (Lipinski definition) is 2. The van der Waals surface area contributed by atoms with Crippen LogP contribution in [0.3, 0.4) is 0 Å². The van der Waals surface area contributed by atoms with Gasteiger partial charge in [0.05, 0.1) is 0 Å². The van der Waals surface area contributed by atoms with Gasteiger partial charge in [-0.05, 0) is 69.6 Å². The van der Waals surface area contributed by atoms with Crippen molar-refractivity contribution in [2.45, 2.75) is 51.9 Å². The molecule has 1 amide bonds. The van der Waals surface area contributed by atoms with Crippen molar-refractivity contribution >= 4 is 5.91 Å². The van der Waals surface area contributed by atoms with Gasteiger partial charge in [-0.15, -0.1) is 0 Å². The van der Waals surface area contributed by atoms with E-state index in [1.54, 1.807) is 0 Å². The van der Waals surface area contributed by atoms with Crippen molar-refractivity contribution < 1.29 is 4.79 Å². The smallest absolute Gasteiger partial charge is 0.220 e. The first-order valence-corrected chi connectivity index (χ1v) is 8.33. The molecule has 0 aromatic carbocycles. The summed E-state index contributed by atoms with van der Waals surface area (Å²) in [6.07, 6.45) is 7.83. The van der Waals surface area contributed by atoms with E-state index in [1.807, 2.05) is 0 Å². The molecular formula is C16H31N3O. The van der Waals surface area contributed by atoms with Gasteiger partial charge in [0.15, 0.2) is 0 Å². The second kappa shape index (κ2) is 7.41. The monoisotopic (exact) mass is 281 g/mol. The molecule has 0 bridgehead atoms. The van der Waals surface area contributed by atoms with E-state index in [4.69, 9.17) is 5.73 Å². The summed E-state index contributed by atoms with van der Waals surface area (Å²) in [5, 5.41) is 3.07. The van der Waals surface area contributed by atoms with Crippen molar-refractivity contribution in [3.8, 4) is 0 Å². The summed E-state index contributed by atoms with van der Waals surface area (Å²) in [7, 11) is 0. The lowest BCUT2D eigenvalue weighted by molar-refractivity contribution is -0.124. The fourth-order valence-electron chi connectivity index (χ4n) is 3.35. The fraction of sp³-hybridized carbons (Fsp3) is 0.938. The predicted molar refractivity (Wildman–Crippen MR) is 82.4 cm³/mol.